The fraction of sp³-hybridized carbons (Fsp3) is 0.467. The molecule has 1 atom stereocenters. The third-order valence-corrected chi connectivity index (χ3v) is 3.43. The molecule has 2 rings (SSSR count). The van der Waals surface area contributed by atoms with Crippen LogP contribution in [0.1, 0.15) is 30.0 Å². The number of nitrogens with zero attached hydrogens (tertiary/aromatic N) is 1. The van der Waals surface area contributed by atoms with Gasteiger partial charge < -0.3 is 4.90 Å². The molecule has 1 aliphatic rings. The van der Waals surface area contributed by atoms with E-state index in [1.807, 2.05) is 0 Å². The quantitative estimate of drug-likeness (QED) is 0.691. The van der Waals surface area contributed by atoms with E-state index in [4.69, 9.17) is 0 Å². The molecule has 1 nitrogen and oxygen atoms in total. The topological polar surface area (TPSA) is 3.24 Å². The Morgan fingerprint density at radius 2 is 2.00 bits per heavy atom. The third kappa shape index (κ3) is 1.99. The lowest BCUT2D eigenvalue weighted by molar-refractivity contribution is 0.592. The second kappa shape index (κ2) is 4.32. The Balaban J connectivity index is 2.58. The number of fused-ring (bicyclic) bond motifs is 1. The zero-order valence-electron chi connectivity index (χ0n) is 10.7. The molecule has 0 amide bonds. The number of hydrogen-bond acceptors (Lipinski definition) is 1. The summed E-state index contributed by atoms with van der Waals surface area (Å²) in [6.07, 6.45) is 7.03. The molecule has 0 saturated carbocycles. The van der Waals surface area contributed by atoms with Crippen molar-refractivity contribution in [1.82, 2.24) is 0 Å². The fourth-order valence-corrected chi connectivity index (χ4v) is 2.46. The summed E-state index contributed by atoms with van der Waals surface area (Å²) in [7, 11) is 4.24. The first kappa shape index (κ1) is 11.3. The van der Waals surface area contributed by atoms with Crippen LogP contribution in [-0.2, 0) is 6.42 Å². The Labute approximate surface area is 98.8 Å². The second-order valence-corrected chi connectivity index (χ2v) is 5.14. The highest BCUT2D eigenvalue weighted by Crippen LogP contribution is 2.31. The van der Waals surface area contributed by atoms with Crippen molar-refractivity contribution in [3.8, 4) is 0 Å². The summed E-state index contributed by atoms with van der Waals surface area (Å²) in [5.41, 5.74) is 5.73. The van der Waals surface area contributed by atoms with Crippen molar-refractivity contribution >= 4 is 11.8 Å². The molecule has 0 N–H and O–H groups in total. The third-order valence-electron chi connectivity index (χ3n) is 3.43. The lowest BCUT2D eigenvalue weighted by Gasteiger charge is -2.20. The van der Waals surface area contributed by atoms with Gasteiger partial charge in [-0.2, -0.15) is 0 Å². The van der Waals surface area contributed by atoms with Gasteiger partial charge >= 0.3 is 0 Å². The number of benzene rings is 1. The Hall–Kier alpha value is -1.24. The highest BCUT2D eigenvalue weighted by Gasteiger charge is 2.15. The number of aryl methyl sites for hydroxylation is 1. The van der Waals surface area contributed by atoms with Crippen LogP contribution in [0.25, 0.3) is 6.08 Å². The van der Waals surface area contributed by atoms with Gasteiger partial charge in [0.05, 0.1) is 0 Å². The summed E-state index contributed by atoms with van der Waals surface area (Å²) in [5.74, 6) is 0.758. The molecule has 0 bridgehead atoms. The Kier molecular flexibility index (Phi) is 3.04. The molecule has 1 aromatic carbocycles. The van der Waals surface area contributed by atoms with Gasteiger partial charge in [0, 0.05) is 25.3 Å². The molecule has 1 heteroatoms. The van der Waals surface area contributed by atoms with E-state index in [1.165, 1.54) is 35.2 Å². The van der Waals surface area contributed by atoms with Gasteiger partial charge in [-0.05, 0) is 42.9 Å². The van der Waals surface area contributed by atoms with Gasteiger partial charge in [0.15, 0.2) is 0 Å². The lowest BCUT2D eigenvalue weighted by atomic mass is 9.93. The van der Waals surface area contributed by atoms with E-state index in [2.05, 4.69) is 57.1 Å². The standard InChI is InChI=1S/C15H21N/c1-11-6-5-7-13-14(10-11)12(2)8-9-15(13)16(3)4/h5,7-9,11H,6,10H2,1-4H3. The number of allylic oxidation sites excluding steroid dienone is 1. The van der Waals surface area contributed by atoms with Gasteiger partial charge in [-0.3, -0.25) is 0 Å². The molecular formula is C15H21N. The van der Waals surface area contributed by atoms with Crippen LogP contribution in [0.2, 0.25) is 0 Å². The molecule has 0 heterocycles. The van der Waals surface area contributed by atoms with Crippen LogP contribution in [0.3, 0.4) is 0 Å². The molecule has 0 spiro atoms. The summed E-state index contributed by atoms with van der Waals surface area (Å²) < 4.78 is 0. The Morgan fingerprint density at radius 1 is 1.25 bits per heavy atom. The highest BCUT2D eigenvalue weighted by atomic mass is 15.1. The zero-order chi connectivity index (χ0) is 11.7. The Morgan fingerprint density at radius 3 is 2.69 bits per heavy atom. The first-order valence-corrected chi connectivity index (χ1v) is 6.06. The molecule has 86 valence electrons. The average Bonchev–Trinajstić information content (AvgIpc) is 2.40. The normalized spacial score (nSPS) is 19.1. The number of anilines is 1. The van der Waals surface area contributed by atoms with E-state index >= 15 is 0 Å². The average molecular weight is 215 g/mol. The molecule has 0 aromatic heterocycles. The zero-order valence-corrected chi connectivity index (χ0v) is 10.7. The maximum absolute atomic E-state index is 2.33. The molecule has 1 aliphatic carbocycles. The molecule has 0 aliphatic heterocycles. The smallest absolute Gasteiger partial charge is 0.0437 e. The minimum absolute atomic E-state index is 0.758. The first-order chi connectivity index (χ1) is 7.59. The van der Waals surface area contributed by atoms with Gasteiger partial charge in [-0.25, -0.2) is 0 Å². The maximum Gasteiger partial charge on any atom is 0.0437 e. The fourth-order valence-electron chi connectivity index (χ4n) is 2.46. The highest BCUT2D eigenvalue weighted by molar-refractivity contribution is 5.72. The van der Waals surface area contributed by atoms with E-state index in [1.54, 1.807) is 0 Å². The van der Waals surface area contributed by atoms with Crippen molar-refractivity contribution in [1.29, 1.82) is 0 Å². The molecule has 1 unspecified atom stereocenters. The van der Waals surface area contributed by atoms with Gasteiger partial charge in [-0.1, -0.05) is 25.1 Å². The van der Waals surface area contributed by atoms with E-state index in [0.717, 1.165) is 5.92 Å². The molecule has 0 radical (unpaired) electrons. The van der Waals surface area contributed by atoms with Gasteiger partial charge in [0.25, 0.3) is 0 Å². The Bertz CT molecular complexity index is 416. The minimum Gasteiger partial charge on any atom is -0.377 e. The van der Waals surface area contributed by atoms with Crippen LogP contribution in [0.15, 0.2) is 18.2 Å². The van der Waals surface area contributed by atoms with Crippen LogP contribution < -0.4 is 4.90 Å². The lowest BCUT2D eigenvalue weighted by Crippen LogP contribution is -2.12. The van der Waals surface area contributed by atoms with Crippen molar-refractivity contribution in [2.45, 2.75) is 26.7 Å². The number of hydrogen-bond donors (Lipinski definition) is 0. The van der Waals surface area contributed by atoms with Crippen LogP contribution in [0, 0.1) is 12.8 Å². The van der Waals surface area contributed by atoms with Crippen molar-refractivity contribution in [3.63, 3.8) is 0 Å². The van der Waals surface area contributed by atoms with E-state index < -0.39 is 0 Å². The van der Waals surface area contributed by atoms with Gasteiger partial charge in [0.2, 0.25) is 0 Å². The molecule has 0 saturated heterocycles. The van der Waals surface area contributed by atoms with Crippen molar-refractivity contribution in [2.24, 2.45) is 5.92 Å². The maximum atomic E-state index is 2.33. The van der Waals surface area contributed by atoms with Crippen molar-refractivity contribution in [2.75, 3.05) is 19.0 Å². The van der Waals surface area contributed by atoms with Crippen molar-refractivity contribution < 1.29 is 0 Å². The predicted molar refractivity (Wildman–Crippen MR) is 72.0 cm³/mol. The largest absolute Gasteiger partial charge is 0.377 e. The summed E-state index contributed by atoms with van der Waals surface area (Å²) in [5, 5.41) is 0. The summed E-state index contributed by atoms with van der Waals surface area (Å²) in [6, 6.07) is 4.48. The van der Waals surface area contributed by atoms with E-state index in [0.29, 0.717) is 0 Å². The summed E-state index contributed by atoms with van der Waals surface area (Å²) in [6.45, 7) is 4.56. The number of rotatable bonds is 1. The van der Waals surface area contributed by atoms with Crippen LogP contribution in [-0.4, -0.2) is 14.1 Å². The molecular weight excluding hydrogens is 194 g/mol. The minimum atomic E-state index is 0.758. The summed E-state index contributed by atoms with van der Waals surface area (Å²) in [4.78, 5) is 2.21. The SMILES string of the molecule is Cc1ccc(N(C)C)c2c1CC(C)CC=C2. The molecule has 1 aromatic rings. The predicted octanol–water partition coefficient (Wildman–Crippen LogP) is 3.66. The van der Waals surface area contributed by atoms with Gasteiger partial charge in [0.1, 0.15) is 0 Å². The van der Waals surface area contributed by atoms with Crippen molar-refractivity contribution in [3.05, 3.63) is 34.9 Å². The first-order valence-electron chi connectivity index (χ1n) is 6.06. The van der Waals surface area contributed by atoms with Crippen LogP contribution in [0.4, 0.5) is 5.69 Å². The summed E-state index contributed by atoms with van der Waals surface area (Å²) >= 11 is 0. The van der Waals surface area contributed by atoms with Crippen LogP contribution in [0.5, 0.6) is 0 Å². The monoisotopic (exact) mass is 215 g/mol. The molecule has 16 heavy (non-hydrogen) atoms. The van der Waals surface area contributed by atoms with Gasteiger partial charge in [-0.15, -0.1) is 0 Å². The van der Waals surface area contributed by atoms with Crippen LogP contribution >= 0.6 is 0 Å². The second-order valence-electron chi connectivity index (χ2n) is 5.14. The van der Waals surface area contributed by atoms with E-state index in [-0.39, 0.29) is 0 Å². The molecule has 0 fully saturated rings. The van der Waals surface area contributed by atoms with E-state index in [9.17, 15) is 0 Å².